The van der Waals surface area contributed by atoms with Crippen molar-refractivity contribution in [2.45, 2.75) is 57.5 Å². The van der Waals surface area contributed by atoms with E-state index in [-0.39, 0.29) is 6.10 Å². The molecule has 1 saturated carbocycles. The molecule has 2 heterocycles. The van der Waals surface area contributed by atoms with E-state index in [0.717, 1.165) is 54.0 Å². The van der Waals surface area contributed by atoms with E-state index in [2.05, 4.69) is 36.7 Å². The van der Waals surface area contributed by atoms with E-state index in [1.165, 1.54) is 28.1 Å². The molecule has 2 aromatic carbocycles. The average molecular weight is 458 g/mol. The van der Waals surface area contributed by atoms with Gasteiger partial charge in [0.15, 0.2) is 0 Å². The third kappa shape index (κ3) is 3.81. The normalized spacial score (nSPS) is 23.3. The van der Waals surface area contributed by atoms with Crippen LogP contribution in [0.2, 0.25) is 0 Å². The van der Waals surface area contributed by atoms with Gasteiger partial charge in [-0.3, -0.25) is 0 Å². The van der Waals surface area contributed by atoms with Crippen LogP contribution in [0, 0.1) is 18.8 Å². The maximum atomic E-state index is 10.8. The van der Waals surface area contributed by atoms with Crippen LogP contribution in [0.5, 0.6) is 0 Å². The Labute approximate surface area is 199 Å². The Bertz CT molecular complexity index is 1290. The van der Waals surface area contributed by atoms with Gasteiger partial charge in [-0.15, -0.1) is 11.3 Å². The van der Waals surface area contributed by atoms with Gasteiger partial charge in [0, 0.05) is 11.9 Å². The number of nitrogens with zero attached hydrogens (tertiary/aromatic N) is 3. The van der Waals surface area contributed by atoms with Crippen molar-refractivity contribution in [3.8, 4) is 0 Å². The molecular weight excluding hydrogens is 426 g/mol. The lowest BCUT2D eigenvalue weighted by molar-refractivity contribution is 0.109. The highest BCUT2D eigenvalue weighted by molar-refractivity contribution is 7.11. The summed E-state index contributed by atoms with van der Waals surface area (Å²) in [6.45, 7) is 2.10. The minimum atomic E-state index is -0.344. The van der Waals surface area contributed by atoms with Crippen molar-refractivity contribution in [3.63, 3.8) is 0 Å². The molecule has 4 nitrogen and oxygen atoms in total. The number of hydrogen-bond donors (Lipinski definition) is 1. The van der Waals surface area contributed by atoms with Gasteiger partial charge in [-0.05, 0) is 80.5 Å². The second kappa shape index (κ2) is 8.37. The monoisotopic (exact) mass is 457 g/mol. The Kier molecular flexibility index (Phi) is 5.34. The lowest BCUT2D eigenvalue weighted by atomic mass is 9.91. The van der Waals surface area contributed by atoms with Crippen LogP contribution in [0.3, 0.4) is 0 Å². The molecule has 33 heavy (non-hydrogen) atoms. The maximum Gasteiger partial charge on any atom is 0.118 e. The molecule has 0 bridgehead atoms. The van der Waals surface area contributed by atoms with Crippen LogP contribution in [0.4, 0.5) is 0 Å². The minimum Gasteiger partial charge on any atom is -0.388 e. The van der Waals surface area contributed by atoms with Gasteiger partial charge < -0.3 is 9.67 Å². The first kappa shape index (κ1) is 21.1. The van der Waals surface area contributed by atoms with Gasteiger partial charge in [0.25, 0.3) is 0 Å². The number of aliphatic hydroxyl groups is 1. The first-order chi connectivity index (χ1) is 16.1. The first-order valence-electron chi connectivity index (χ1n) is 12.2. The Morgan fingerprint density at radius 2 is 1.94 bits per heavy atom. The molecule has 5 heteroatoms. The van der Waals surface area contributed by atoms with Crippen molar-refractivity contribution in [1.29, 1.82) is 0 Å². The first-order valence-corrected chi connectivity index (χ1v) is 13.0. The van der Waals surface area contributed by atoms with Crippen molar-refractivity contribution >= 4 is 22.4 Å². The molecule has 4 aromatic rings. The summed E-state index contributed by atoms with van der Waals surface area (Å²) in [4.78, 5) is 11.3. The summed E-state index contributed by atoms with van der Waals surface area (Å²) in [6.07, 6.45) is 6.37. The second-order valence-electron chi connectivity index (χ2n) is 9.98. The summed E-state index contributed by atoms with van der Waals surface area (Å²) in [5, 5.41) is 12.0. The lowest BCUT2D eigenvalue weighted by Crippen LogP contribution is -2.10. The zero-order valence-electron chi connectivity index (χ0n) is 19.4. The molecule has 0 spiro atoms. The highest BCUT2D eigenvalue weighted by atomic mass is 32.1. The number of aryl methyl sites for hydroxylation is 3. The molecule has 2 aliphatic carbocycles. The van der Waals surface area contributed by atoms with Gasteiger partial charge in [0.2, 0.25) is 0 Å². The third-order valence-corrected chi connectivity index (χ3v) is 8.86. The van der Waals surface area contributed by atoms with Crippen molar-refractivity contribution in [1.82, 2.24) is 14.5 Å². The summed E-state index contributed by atoms with van der Waals surface area (Å²) in [6, 6.07) is 16.9. The van der Waals surface area contributed by atoms with Crippen molar-refractivity contribution in [2.24, 2.45) is 18.9 Å². The van der Waals surface area contributed by atoms with Gasteiger partial charge in [-0.2, -0.15) is 0 Å². The third-order valence-electron chi connectivity index (χ3n) is 7.81. The largest absolute Gasteiger partial charge is 0.388 e. The molecule has 6 rings (SSSR count). The summed E-state index contributed by atoms with van der Waals surface area (Å²) < 4.78 is 2.30. The predicted molar refractivity (Wildman–Crippen MR) is 134 cm³/mol. The fourth-order valence-electron chi connectivity index (χ4n) is 6.13. The number of thiazole rings is 1. The SMILES string of the molecule is Cc1nc2c(s1)CC[C@H]2c1nc2ccc(CC3CC[C@H]([C@H](O)c4ccccc4)C3)cc2n1C. The van der Waals surface area contributed by atoms with Gasteiger partial charge >= 0.3 is 0 Å². The number of hydrogen-bond acceptors (Lipinski definition) is 4. The van der Waals surface area contributed by atoms with E-state index in [4.69, 9.17) is 9.97 Å². The van der Waals surface area contributed by atoms with E-state index in [9.17, 15) is 5.11 Å². The van der Waals surface area contributed by atoms with Crippen LogP contribution in [0.1, 0.15) is 70.2 Å². The summed E-state index contributed by atoms with van der Waals surface area (Å²) in [5.74, 6) is 2.47. The van der Waals surface area contributed by atoms with Crippen LogP contribution >= 0.6 is 11.3 Å². The zero-order chi connectivity index (χ0) is 22.5. The van der Waals surface area contributed by atoms with Gasteiger partial charge in [-0.1, -0.05) is 36.4 Å². The minimum absolute atomic E-state index is 0.320. The van der Waals surface area contributed by atoms with Gasteiger partial charge in [0.1, 0.15) is 5.82 Å². The van der Waals surface area contributed by atoms with Crippen LogP contribution < -0.4 is 0 Å². The topological polar surface area (TPSA) is 50.9 Å². The average Bonchev–Trinajstić information content (AvgIpc) is 3.59. The number of fused-ring (bicyclic) bond motifs is 2. The van der Waals surface area contributed by atoms with E-state index in [1.54, 1.807) is 0 Å². The molecule has 1 unspecified atom stereocenters. The highest BCUT2D eigenvalue weighted by Crippen LogP contribution is 2.42. The molecule has 0 radical (unpaired) electrons. The fraction of sp³-hybridized carbons (Fsp3) is 0.429. The quantitative estimate of drug-likeness (QED) is 0.393. The number of aliphatic hydroxyl groups excluding tert-OH is 1. The number of benzene rings is 2. The van der Waals surface area contributed by atoms with Gasteiger partial charge in [-0.25, -0.2) is 9.97 Å². The van der Waals surface area contributed by atoms with Crippen LogP contribution in [0.15, 0.2) is 48.5 Å². The molecule has 2 aliphatic rings. The van der Waals surface area contributed by atoms with Crippen LogP contribution in [-0.2, 0) is 19.9 Å². The summed E-state index contributed by atoms with van der Waals surface area (Å²) in [5.41, 5.74) is 6.00. The van der Waals surface area contributed by atoms with E-state index in [0.29, 0.717) is 17.8 Å². The summed E-state index contributed by atoms with van der Waals surface area (Å²) >= 11 is 1.84. The summed E-state index contributed by atoms with van der Waals surface area (Å²) in [7, 11) is 2.16. The molecule has 1 N–H and O–H groups in total. The van der Waals surface area contributed by atoms with Crippen molar-refractivity contribution in [3.05, 3.63) is 81.1 Å². The van der Waals surface area contributed by atoms with Crippen LogP contribution in [0.25, 0.3) is 11.0 Å². The molecular formula is C28H31N3OS. The Balaban J connectivity index is 1.19. The molecule has 1 fully saturated rings. The fourth-order valence-corrected chi connectivity index (χ4v) is 7.15. The number of imidazole rings is 1. The molecule has 0 saturated heterocycles. The van der Waals surface area contributed by atoms with Crippen molar-refractivity contribution < 1.29 is 5.11 Å². The van der Waals surface area contributed by atoms with Crippen molar-refractivity contribution in [2.75, 3.05) is 0 Å². The highest BCUT2D eigenvalue weighted by Gasteiger charge is 2.32. The standard InChI is InChI=1S/C28H31N3OS/c1-17-29-26-22(11-13-25(26)33-17)28-30-23-12-9-19(16-24(23)31(28)2)14-18-8-10-21(15-18)27(32)20-6-4-3-5-7-20/h3-7,9,12,16,18,21-22,27,32H,8,10-11,13-15H2,1-2H3/t18?,21-,22+,27+/m0/s1. The molecule has 0 amide bonds. The molecule has 2 aromatic heterocycles. The Morgan fingerprint density at radius 3 is 2.79 bits per heavy atom. The Morgan fingerprint density at radius 1 is 1.09 bits per heavy atom. The Hall–Kier alpha value is -2.50. The second-order valence-corrected chi connectivity index (χ2v) is 11.3. The van der Waals surface area contributed by atoms with E-state index in [1.807, 2.05) is 41.7 Å². The zero-order valence-corrected chi connectivity index (χ0v) is 20.2. The van der Waals surface area contributed by atoms with Crippen LogP contribution in [-0.4, -0.2) is 19.6 Å². The smallest absolute Gasteiger partial charge is 0.118 e. The molecule has 4 atom stereocenters. The van der Waals surface area contributed by atoms with E-state index >= 15 is 0 Å². The number of rotatable bonds is 5. The van der Waals surface area contributed by atoms with E-state index < -0.39 is 0 Å². The molecule has 0 aliphatic heterocycles. The lowest BCUT2D eigenvalue weighted by Gasteiger charge is -2.19. The molecule has 170 valence electrons. The predicted octanol–water partition coefficient (Wildman–Crippen LogP) is 6.11. The van der Waals surface area contributed by atoms with Gasteiger partial charge in [0.05, 0.1) is 33.8 Å². The number of aromatic nitrogens is 3. The maximum absolute atomic E-state index is 10.8.